The summed E-state index contributed by atoms with van der Waals surface area (Å²) >= 11 is 0. The van der Waals surface area contributed by atoms with Crippen molar-refractivity contribution in [3.63, 3.8) is 0 Å². The number of carboxylic acid groups (broad SMARTS) is 1. The Balaban J connectivity index is 2.42. The fourth-order valence-corrected chi connectivity index (χ4v) is 2.35. The zero-order chi connectivity index (χ0) is 13.8. The first kappa shape index (κ1) is 14.8. The molecule has 104 valence electrons. The number of carboxylic acids is 1. The summed E-state index contributed by atoms with van der Waals surface area (Å²) in [5.74, 6) is -0.924. The summed E-state index contributed by atoms with van der Waals surface area (Å²) in [5, 5.41) is 18.8. The Labute approximate surface area is 107 Å². The predicted octanol–water partition coefficient (Wildman–Crippen LogP) is 0.750. The molecule has 1 aliphatic rings. The topological polar surface area (TPSA) is 81.1 Å². The van der Waals surface area contributed by atoms with Crippen LogP contribution < -0.4 is 0 Å². The van der Waals surface area contributed by atoms with Gasteiger partial charge in [-0.25, -0.2) is 4.79 Å². The van der Waals surface area contributed by atoms with Crippen LogP contribution in [0.5, 0.6) is 0 Å². The van der Waals surface area contributed by atoms with Crippen molar-refractivity contribution in [3.8, 4) is 0 Å². The van der Waals surface area contributed by atoms with Gasteiger partial charge < -0.3 is 20.0 Å². The van der Waals surface area contributed by atoms with E-state index in [-0.39, 0.29) is 19.0 Å². The normalized spacial score (nSPS) is 17.5. The van der Waals surface area contributed by atoms with Crippen molar-refractivity contribution in [3.05, 3.63) is 0 Å². The van der Waals surface area contributed by atoms with E-state index in [2.05, 4.69) is 0 Å². The lowest BCUT2D eigenvalue weighted by Crippen LogP contribution is -2.47. The summed E-state index contributed by atoms with van der Waals surface area (Å²) in [6.07, 6.45) is 3.37. The molecular weight excluding hydrogens is 236 g/mol. The minimum Gasteiger partial charge on any atom is -0.481 e. The largest absolute Gasteiger partial charge is 0.481 e. The highest BCUT2D eigenvalue weighted by Crippen LogP contribution is 2.30. The predicted molar refractivity (Wildman–Crippen MR) is 66.3 cm³/mol. The van der Waals surface area contributed by atoms with E-state index in [1.165, 1.54) is 9.80 Å². The van der Waals surface area contributed by atoms with Crippen molar-refractivity contribution < 1.29 is 19.8 Å². The smallest absolute Gasteiger partial charge is 0.319 e. The van der Waals surface area contributed by atoms with Crippen molar-refractivity contribution in [2.45, 2.75) is 37.7 Å². The van der Waals surface area contributed by atoms with Gasteiger partial charge in [-0.2, -0.15) is 0 Å². The van der Waals surface area contributed by atoms with Crippen LogP contribution in [0.25, 0.3) is 0 Å². The number of urea groups is 1. The maximum absolute atomic E-state index is 11.9. The number of carbonyl (C=O) groups is 2. The van der Waals surface area contributed by atoms with Crippen LogP contribution in [-0.4, -0.2) is 64.8 Å². The summed E-state index contributed by atoms with van der Waals surface area (Å²) in [6.45, 7) is 0.486. The van der Waals surface area contributed by atoms with Gasteiger partial charge in [0.15, 0.2) is 0 Å². The van der Waals surface area contributed by atoms with Crippen LogP contribution in [0.3, 0.4) is 0 Å². The molecule has 0 saturated heterocycles. The van der Waals surface area contributed by atoms with Crippen molar-refractivity contribution in [2.24, 2.45) is 0 Å². The second-order valence-electron chi connectivity index (χ2n) is 5.14. The van der Waals surface area contributed by atoms with E-state index in [9.17, 15) is 14.7 Å². The van der Waals surface area contributed by atoms with Gasteiger partial charge in [0.1, 0.15) is 0 Å². The van der Waals surface area contributed by atoms with Gasteiger partial charge in [0.25, 0.3) is 0 Å². The van der Waals surface area contributed by atoms with Crippen LogP contribution >= 0.6 is 0 Å². The van der Waals surface area contributed by atoms with Gasteiger partial charge in [0.05, 0.1) is 18.6 Å². The third kappa shape index (κ3) is 4.18. The molecule has 0 aliphatic heterocycles. The number of aliphatic carboxylic acids is 1. The lowest BCUT2D eigenvalue weighted by molar-refractivity contribution is -0.137. The molecule has 0 spiro atoms. The second-order valence-corrected chi connectivity index (χ2v) is 5.14. The number of amides is 2. The van der Waals surface area contributed by atoms with E-state index in [1.807, 2.05) is 0 Å². The average Bonchev–Trinajstić information content (AvgIpc) is 2.71. The molecule has 0 aromatic carbocycles. The first-order chi connectivity index (χ1) is 8.34. The molecule has 0 unspecified atom stereocenters. The first-order valence-corrected chi connectivity index (χ1v) is 6.24. The zero-order valence-electron chi connectivity index (χ0n) is 11.1. The Morgan fingerprint density at radius 2 is 1.72 bits per heavy atom. The Morgan fingerprint density at radius 1 is 1.17 bits per heavy atom. The van der Waals surface area contributed by atoms with Crippen LogP contribution in [0.2, 0.25) is 0 Å². The summed E-state index contributed by atoms with van der Waals surface area (Å²) in [7, 11) is 3.20. The van der Waals surface area contributed by atoms with Crippen LogP contribution in [0, 0.1) is 0 Å². The molecule has 18 heavy (non-hydrogen) atoms. The van der Waals surface area contributed by atoms with Gasteiger partial charge in [-0.05, 0) is 12.8 Å². The molecule has 1 fully saturated rings. The lowest BCUT2D eigenvalue weighted by Gasteiger charge is -2.31. The summed E-state index contributed by atoms with van der Waals surface area (Å²) in [5.41, 5.74) is -0.766. The molecule has 0 heterocycles. The second kappa shape index (κ2) is 6.04. The Morgan fingerprint density at radius 3 is 2.22 bits per heavy atom. The quantitative estimate of drug-likeness (QED) is 0.762. The summed E-state index contributed by atoms with van der Waals surface area (Å²) < 4.78 is 0. The molecule has 6 nitrogen and oxygen atoms in total. The number of hydrogen-bond acceptors (Lipinski definition) is 3. The van der Waals surface area contributed by atoms with E-state index in [0.717, 1.165) is 25.7 Å². The van der Waals surface area contributed by atoms with E-state index >= 15 is 0 Å². The average molecular weight is 258 g/mol. The Hall–Kier alpha value is -1.30. The van der Waals surface area contributed by atoms with Crippen molar-refractivity contribution >= 4 is 12.0 Å². The standard InChI is InChI=1S/C12H22N2O4/c1-13(8-5-10(15)16)11(17)14(2)9-12(18)6-3-4-7-12/h18H,3-9H2,1-2H3,(H,15,16). The molecular formula is C12H22N2O4. The van der Waals surface area contributed by atoms with Crippen LogP contribution in [0.1, 0.15) is 32.1 Å². The maximum Gasteiger partial charge on any atom is 0.319 e. The number of nitrogens with zero attached hydrogens (tertiary/aromatic N) is 2. The molecule has 0 bridgehead atoms. The van der Waals surface area contributed by atoms with Crippen LogP contribution in [0.15, 0.2) is 0 Å². The first-order valence-electron chi connectivity index (χ1n) is 6.24. The SMILES string of the molecule is CN(CCC(=O)O)C(=O)N(C)CC1(O)CCCC1. The highest BCUT2D eigenvalue weighted by atomic mass is 16.4. The Kier molecular flexibility index (Phi) is 4.95. The molecule has 0 atom stereocenters. The highest BCUT2D eigenvalue weighted by Gasteiger charge is 2.33. The van der Waals surface area contributed by atoms with Crippen LogP contribution in [0.4, 0.5) is 4.79 Å². The van der Waals surface area contributed by atoms with Gasteiger partial charge in [-0.15, -0.1) is 0 Å². The molecule has 2 amide bonds. The minimum atomic E-state index is -0.924. The van der Waals surface area contributed by atoms with Crippen molar-refractivity contribution in [1.82, 2.24) is 9.80 Å². The number of aliphatic hydroxyl groups is 1. The third-order valence-corrected chi connectivity index (χ3v) is 3.38. The zero-order valence-corrected chi connectivity index (χ0v) is 11.1. The molecule has 0 aromatic heterocycles. The van der Waals surface area contributed by atoms with Gasteiger partial charge in [-0.1, -0.05) is 12.8 Å². The van der Waals surface area contributed by atoms with Crippen molar-refractivity contribution in [1.29, 1.82) is 0 Å². The van der Waals surface area contributed by atoms with Crippen LogP contribution in [-0.2, 0) is 4.79 Å². The van der Waals surface area contributed by atoms with Crippen molar-refractivity contribution in [2.75, 3.05) is 27.2 Å². The molecule has 1 saturated carbocycles. The molecule has 1 aliphatic carbocycles. The number of hydrogen-bond donors (Lipinski definition) is 2. The minimum absolute atomic E-state index is 0.0691. The van der Waals surface area contributed by atoms with E-state index in [0.29, 0.717) is 6.54 Å². The van der Waals surface area contributed by atoms with E-state index in [4.69, 9.17) is 5.11 Å². The highest BCUT2D eigenvalue weighted by molar-refractivity contribution is 5.75. The van der Waals surface area contributed by atoms with Gasteiger partial charge in [0.2, 0.25) is 0 Å². The molecule has 2 N–H and O–H groups in total. The summed E-state index contributed by atoms with van der Waals surface area (Å²) in [4.78, 5) is 25.2. The summed E-state index contributed by atoms with van der Waals surface area (Å²) in [6, 6.07) is -0.253. The van der Waals surface area contributed by atoms with E-state index in [1.54, 1.807) is 14.1 Å². The van der Waals surface area contributed by atoms with Gasteiger partial charge >= 0.3 is 12.0 Å². The number of rotatable bonds is 5. The fourth-order valence-electron chi connectivity index (χ4n) is 2.35. The Bertz CT molecular complexity index is 313. The molecule has 6 heteroatoms. The third-order valence-electron chi connectivity index (χ3n) is 3.38. The number of likely N-dealkylation sites (N-methyl/N-ethyl adjacent to an activating group) is 1. The van der Waals surface area contributed by atoms with E-state index < -0.39 is 11.6 Å². The van der Waals surface area contributed by atoms with Gasteiger partial charge in [-0.3, -0.25) is 4.79 Å². The molecule has 1 rings (SSSR count). The van der Waals surface area contributed by atoms with Gasteiger partial charge in [0, 0.05) is 20.6 Å². The maximum atomic E-state index is 11.9. The molecule has 0 radical (unpaired) electrons. The number of carbonyl (C=O) groups excluding carboxylic acids is 1. The molecule has 0 aromatic rings. The fraction of sp³-hybridized carbons (Fsp3) is 0.833. The lowest BCUT2D eigenvalue weighted by atomic mass is 10.0. The monoisotopic (exact) mass is 258 g/mol.